The second kappa shape index (κ2) is 15.5. The maximum atomic E-state index is 14.6. The normalized spacial score (nSPS) is 26.0. The van der Waals surface area contributed by atoms with E-state index in [4.69, 9.17) is 4.74 Å². The predicted molar refractivity (Wildman–Crippen MR) is 206 cm³/mol. The molecule has 0 bridgehead atoms. The zero-order valence-corrected chi connectivity index (χ0v) is 32.6. The van der Waals surface area contributed by atoms with E-state index in [1.165, 1.54) is 6.92 Å². The van der Waals surface area contributed by atoms with Crippen molar-refractivity contribution in [1.29, 1.82) is 0 Å². The monoisotopic (exact) mass is 709 g/mol. The van der Waals surface area contributed by atoms with E-state index in [1.54, 1.807) is 6.92 Å². The average Bonchev–Trinajstić information content (AvgIpc) is 3.76. The Balaban J connectivity index is 1.28. The smallest absolute Gasteiger partial charge is 0.201 e. The van der Waals surface area contributed by atoms with Gasteiger partial charge in [-0.05, 0) is 101 Å². The first-order valence-corrected chi connectivity index (χ1v) is 19.4. The molecule has 0 aliphatic heterocycles. The van der Waals surface area contributed by atoms with Gasteiger partial charge < -0.3 is 9.84 Å². The fourth-order valence-electron chi connectivity index (χ4n) is 9.37. The molecule has 281 valence electrons. The molecule has 1 aromatic rings. The first-order valence-electron chi connectivity index (χ1n) is 19.4. The third-order valence-electron chi connectivity index (χ3n) is 12.3. The molecule has 6 nitrogen and oxygen atoms in total. The molecule has 1 radical (unpaired) electrons. The van der Waals surface area contributed by atoms with Gasteiger partial charge in [-0.25, -0.2) is 0 Å². The van der Waals surface area contributed by atoms with Crippen LogP contribution in [0.1, 0.15) is 118 Å². The number of ether oxygens (including phenoxy) is 1. The van der Waals surface area contributed by atoms with Gasteiger partial charge in [0.2, 0.25) is 5.78 Å². The lowest BCUT2D eigenvalue weighted by molar-refractivity contribution is -0.140. The highest BCUT2D eigenvalue weighted by Crippen LogP contribution is 2.72. The number of carbonyl (C=O) groups excluding carboxylic acids is 4. The lowest BCUT2D eigenvalue weighted by atomic mass is 9.71. The van der Waals surface area contributed by atoms with Gasteiger partial charge in [0.15, 0.2) is 5.78 Å². The van der Waals surface area contributed by atoms with E-state index in [1.807, 2.05) is 75.8 Å². The van der Waals surface area contributed by atoms with E-state index in [2.05, 4.69) is 27.0 Å². The van der Waals surface area contributed by atoms with Gasteiger partial charge in [0.25, 0.3) is 0 Å². The van der Waals surface area contributed by atoms with Crippen LogP contribution in [0.2, 0.25) is 0 Å². The zero-order valence-electron chi connectivity index (χ0n) is 32.6. The minimum atomic E-state index is -1.30. The van der Waals surface area contributed by atoms with Crippen LogP contribution in [0.3, 0.4) is 0 Å². The van der Waals surface area contributed by atoms with Gasteiger partial charge in [0.1, 0.15) is 17.2 Å². The quantitative estimate of drug-likeness (QED) is 0.0824. The van der Waals surface area contributed by atoms with Crippen molar-refractivity contribution in [2.75, 3.05) is 0 Å². The van der Waals surface area contributed by atoms with Gasteiger partial charge in [-0.15, -0.1) is 0 Å². The minimum Gasteiger partial charge on any atom is -0.493 e. The fraction of sp³-hybridized carbons (Fsp3) is 0.587. The second-order valence-electron chi connectivity index (χ2n) is 18.3. The third kappa shape index (κ3) is 9.58. The van der Waals surface area contributed by atoms with Crippen LogP contribution in [0.25, 0.3) is 0 Å². The lowest BCUT2D eigenvalue weighted by Gasteiger charge is -2.33. The molecule has 0 amide bonds. The van der Waals surface area contributed by atoms with Crippen LogP contribution in [-0.2, 0) is 23.9 Å². The Morgan fingerprint density at radius 3 is 2.23 bits per heavy atom. The van der Waals surface area contributed by atoms with Crippen LogP contribution in [-0.4, -0.2) is 39.4 Å². The molecular weight excluding hydrogens is 649 g/mol. The summed E-state index contributed by atoms with van der Waals surface area (Å²) in [7, 11) is 0. The number of carbonyl (C=O) groups is 4. The first-order chi connectivity index (χ1) is 24.3. The number of benzene rings is 1. The molecule has 8 unspecified atom stereocenters. The topological polar surface area (TPSA) is 97.7 Å². The number of hydrogen-bond acceptors (Lipinski definition) is 6. The summed E-state index contributed by atoms with van der Waals surface area (Å²) in [6, 6.07) is 9.37. The maximum absolute atomic E-state index is 14.6. The molecule has 5 rings (SSSR count). The SMILES string of the molecule is C=C(CC(C(=O)C1CC2C(C1C(=C)CC(CC1CC1)C(=O)C(=O)CCC(C)(O)CC(C(C)=O)c1ccccc1)C2(C)C)C1=CC=C[CH]1)OC(C)(C)C. The van der Waals surface area contributed by atoms with Gasteiger partial charge in [-0.2, -0.15) is 0 Å². The fourth-order valence-corrected chi connectivity index (χ4v) is 9.37. The average molecular weight is 710 g/mol. The zero-order chi connectivity index (χ0) is 38.2. The van der Waals surface area contributed by atoms with Gasteiger partial charge in [-0.3, -0.25) is 19.2 Å². The summed E-state index contributed by atoms with van der Waals surface area (Å²) in [6.45, 7) is 22.4. The molecule has 0 saturated heterocycles. The summed E-state index contributed by atoms with van der Waals surface area (Å²) in [5.41, 5.74) is 1.08. The number of allylic oxidation sites excluding steroid dienone is 6. The van der Waals surface area contributed by atoms with Crippen molar-refractivity contribution in [2.45, 2.75) is 123 Å². The summed E-state index contributed by atoms with van der Waals surface area (Å²) < 4.78 is 6.09. The Hall–Kier alpha value is -3.38. The Morgan fingerprint density at radius 1 is 0.981 bits per heavy atom. The molecule has 0 spiro atoms. The molecule has 0 heterocycles. The molecule has 3 saturated carbocycles. The third-order valence-corrected chi connectivity index (χ3v) is 12.3. The minimum absolute atomic E-state index is 0.0501. The molecule has 0 aromatic heterocycles. The van der Waals surface area contributed by atoms with E-state index in [9.17, 15) is 24.3 Å². The number of ketones is 4. The van der Waals surface area contributed by atoms with E-state index >= 15 is 0 Å². The first kappa shape index (κ1) is 39.8. The summed E-state index contributed by atoms with van der Waals surface area (Å²) >= 11 is 0. The Morgan fingerprint density at radius 2 is 1.65 bits per heavy atom. The number of rotatable bonds is 20. The highest BCUT2D eigenvalue weighted by Gasteiger charge is 2.68. The van der Waals surface area contributed by atoms with E-state index in [0.717, 1.165) is 36.0 Å². The van der Waals surface area contributed by atoms with Gasteiger partial charge >= 0.3 is 0 Å². The van der Waals surface area contributed by atoms with Crippen molar-refractivity contribution in [3.05, 3.63) is 90.6 Å². The van der Waals surface area contributed by atoms with Crippen LogP contribution >= 0.6 is 0 Å². The van der Waals surface area contributed by atoms with E-state index in [-0.39, 0.29) is 54.0 Å². The molecule has 4 aliphatic rings. The standard InChI is InChI=1S/C46H61O6/c1-28(40-36(26-38-41(40)45(38,7)8)43(50)35(32-17-13-14-18-32)24-29(2)52-44(4,5)6)23-34(25-31-19-20-31)42(49)39(48)21-22-46(9,51)27-37(30(3)47)33-15-11-10-12-16-33/h10-18,31,34-38,40-41,51H,1-2,19-27H2,3-9H3. The Bertz CT molecular complexity index is 1610. The molecule has 4 aliphatic carbocycles. The maximum Gasteiger partial charge on any atom is 0.201 e. The number of aliphatic hydroxyl groups is 1. The number of hydrogen-bond donors (Lipinski definition) is 1. The Kier molecular flexibility index (Phi) is 11.9. The summed E-state index contributed by atoms with van der Waals surface area (Å²) in [5.74, 6) is -0.658. The van der Waals surface area contributed by atoms with Crippen LogP contribution in [0.15, 0.2) is 78.6 Å². The summed E-state index contributed by atoms with van der Waals surface area (Å²) in [6.07, 6.45) is 12.5. The van der Waals surface area contributed by atoms with Crippen molar-refractivity contribution in [2.24, 2.45) is 46.8 Å². The van der Waals surface area contributed by atoms with Crippen LogP contribution in [0.4, 0.5) is 0 Å². The predicted octanol–water partition coefficient (Wildman–Crippen LogP) is 9.29. The molecule has 3 fully saturated rings. The number of fused-ring (bicyclic) bond motifs is 1. The van der Waals surface area contributed by atoms with Crippen LogP contribution in [0.5, 0.6) is 0 Å². The summed E-state index contributed by atoms with van der Waals surface area (Å²) in [4.78, 5) is 54.7. The summed E-state index contributed by atoms with van der Waals surface area (Å²) in [5, 5.41) is 11.3. The van der Waals surface area contributed by atoms with Crippen molar-refractivity contribution in [3.8, 4) is 0 Å². The Labute approximate surface area is 312 Å². The van der Waals surface area contributed by atoms with Crippen LogP contribution < -0.4 is 0 Å². The second-order valence-corrected chi connectivity index (χ2v) is 18.3. The van der Waals surface area contributed by atoms with Gasteiger partial charge in [0, 0.05) is 42.9 Å². The van der Waals surface area contributed by atoms with E-state index < -0.39 is 34.6 Å². The van der Waals surface area contributed by atoms with Crippen molar-refractivity contribution in [3.63, 3.8) is 0 Å². The highest BCUT2D eigenvalue weighted by molar-refractivity contribution is 6.38. The lowest BCUT2D eigenvalue weighted by Crippen LogP contribution is -2.34. The molecule has 1 N–H and O–H groups in total. The van der Waals surface area contributed by atoms with Crippen LogP contribution in [0, 0.1) is 53.3 Å². The molecule has 1 aromatic carbocycles. The van der Waals surface area contributed by atoms with Gasteiger partial charge in [-0.1, -0.05) is 99.6 Å². The molecular formula is C46H61O6. The number of Topliss-reactive ketones (excluding diaryl/α,β-unsaturated/α-hetero) is 4. The molecule has 6 heteroatoms. The van der Waals surface area contributed by atoms with Gasteiger partial charge in [0.05, 0.1) is 11.4 Å². The van der Waals surface area contributed by atoms with Crippen molar-refractivity contribution in [1.82, 2.24) is 0 Å². The highest BCUT2D eigenvalue weighted by atomic mass is 16.5. The largest absolute Gasteiger partial charge is 0.493 e. The van der Waals surface area contributed by atoms with E-state index in [0.29, 0.717) is 42.8 Å². The molecule has 52 heavy (non-hydrogen) atoms. The van der Waals surface area contributed by atoms with Crippen molar-refractivity contribution >= 4 is 23.1 Å². The van der Waals surface area contributed by atoms with Crippen molar-refractivity contribution < 1.29 is 29.0 Å². The molecule has 8 atom stereocenters.